The second kappa shape index (κ2) is 24.1. The number of carboxylic acid groups (broad SMARTS) is 1. The van der Waals surface area contributed by atoms with Gasteiger partial charge in [0.15, 0.2) is 23.5 Å². The van der Waals surface area contributed by atoms with Crippen molar-refractivity contribution < 1.29 is 82.9 Å². The first-order valence-electron chi connectivity index (χ1n) is 25.9. The van der Waals surface area contributed by atoms with Crippen LogP contribution in [-0.2, 0) is 52.2 Å². The molecule has 7 aliphatic rings. The summed E-state index contributed by atoms with van der Waals surface area (Å²) in [7, 11) is 3.25. The molecule has 3 spiro atoms. The number of rotatable bonds is 9. The summed E-state index contributed by atoms with van der Waals surface area (Å²) in [5, 5.41) is 64.8. The maximum absolute atomic E-state index is 13.9. The molecule has 6 N–H and O–H groups in total. The molecule has 7 heterocycles. The molecule has 17 nitrogen and oxygen atoms in total. The van der Waals surface area contributed by atoms with Gasteiger partial charge >= 0.3 is 11.9 Å². The van der Waals surface area contributed by atoms with Crippen LogP contribution in [-0.4, -0.2) is 160 Å². The second-order valence-electron chi connectivity index (χ2n) is 21.3. The summed E-state index contributed by atoms with van der Waals surface area (Å²) in [5.74, 6) is -5.63. The van der Waals surface area contributed by atoms with Crippen molar-refractivity contribution in [2.75, 3.05) is 14.2 Å². The molecule has 69 heavy (non-hydrogen) atoms. The zero-order valence-corrected chi connectivity index (χ0v) is 41.4. The molecular formula is C52H82O17. The Morgan fingerprint density at radius 2 is 1.57 bits per heavy atom. The first-order chi connectivity index (χ1) is 32.9. The lowest BCUT2D eigenvalue weighted by atomic mass is 9.82. The highest BCUT2D eigenvalue weighted by atomic mass is 16.8. The van der Waals surface area contributed by atoms with E-state index in [-0.39, 0.29) is 68.2 Å². The molecule has 7 aliphatic heterocycles. The maximum Gasteiger partial charge on any atom is 0.332 e. The third-order valence-corrected chi connectivity index (χ3v) is 16.0. The lowest BCUT2D eigenvalue weighted by molar-refractivity contribution is -0.414. The number of methoxy groups -OCH3 is 2. The van der Waals surface area contributed by atoms with Crippen LogP contribution >= 0.6 is 0 Å². The Bertz CT molecular complexity index is 1760. The van der Waals surface area contributed by atoms with Crippen LogP contribution in [0.5, 0.6) is 0 Å². The van der Waals surface area contributed by atoms with Gasteiger partial charge in [-0.3, -0.25) is 4.79 Å². The number of ether oxygens (including phenoxy) is 9. The minimum Gasteiger partial charge on any atom is -0.479 e. The van der Waals surface area contributed by atoms with Crippen LogP contribution in [0, 0.1) is 17.8 Å². The average Bonchev–Trinajstić information content (AvgIpc) is 3.65. The van der Waals surface area contributed by atoms with Gasteiger partial charge in [-0.2, -0.15) is 0 Å². The van der Waals surface area contributed by atoms with Crippen molar-refractivity contribution in [1.82, 2.24) is 0 Å². The zero-order valence-electron chi connectivity index (χ0n) is 41.4. The molecule has 392 valence electrons. The molecule has 0 aromatic carbocycles. The topological polar surface area (TPSA) is 239 Å². The van der Waals surface area contributed by atoms with Crippen LogP contribution in [0.3, 0.4) is 0 Å². The smallest absolute Gasteiger partial charge is 0.332 e. The quantitative estimate of drug-likeness (QED) is 0.127. The average molecular weight is 979 g/mol. The number of aliphatic carboxylic acids is 1. The lowest BCUT2D eigenvalue weighted by Crippen LogP contribution is -2.59. The van der Waals surface area contributed by atoms with Crippen molar-refractivity contribution in [3.63, 3.8) is 0 Å². The van der Waals surface area contributed by atoms with Gasteiger partial charge in [0, 0.05) is 71.0 Å². The summed E-state index contributed by atoms with van der Waals surface area (Å²) in [4.78, 5) is 24.9. The van der Waals surface area contributed by atoms with E-state index in [1.54, 1.807) is 26.4 Å². The van der Waals surface area contributed by atoms with E-state index in [9.17, 15) is 35.1 Å². The Hall–Kier alpha value is -2.36. The Balaban J connectivity index is 1.12. The van der Waals surface area contributed by atoms with Gasteiger partial charge in [0.25, 0.3) is 0 Å². The maximum atomic E-state index is 13.9. The molecule has 0 radical (unpaired) electrons. The van der Waals surface area contributed by atoms with Crippen LogP contribution in [0.2, 0.25) is 0 Å². The minimum absolute atomic E-state index is 0.00209. The van der Waals surface area contributed by atoms with Crippen molar-refractivity contribution >= 4 is 11.9 Å². The molecule has 6 fully saturated rings. The molecule has 7 rings (SSSR count). The molecular weight excluding hydrogens is 897 g/mol. The van der Waals surface area contributed by atoms with E-state index < -0.39 is 96.4 Å². The number of carbonyl (C=O) groups is 2. The van der Waals surface area contributed by atoms with E-state index in [1.165, 1.54) is 0 Å². The van der Waals surface area contributed by atoms with Crippen LogP contribution in [0.15, 0.2) is 36.5 Å². The van der Waals surface area contributed by atoms with E-state index in [2.05, 4.69) is 6.92 Å². The summed E-state index contributed by atoms with van der Waals surface area (Å²) in [6, 6.07) is 0. The minimum atomic E-state index is -1.46. The van der Waals surface area contributed by atoms with Crippen molar-refractivity contribution in [2.45, 2.75) is 246 Å². The summed E-state index contributed by atoms with van der Waals surface area (Å²) < 4.78 is 58.9. The normalized spacial score (nSPS) is 45.6. The highest BCUT2D eigenvalue weighted by molar-refractivity contribution is 5.72. The second-order valence-corrected chi connectivity index (χ2v) is 21.3. The number of esters is 1. The Morgan fingerprint density at radius 3 is 2.33 bits per heavy atom. The molecule has 0 amide bonds. The predicted molar refractivity (Wildman–Crippen MR) is 249 cm³/mol. The standard InChI is InChI=1S/C52H82O17/c1-31-18-21-50-23-20-42(62-5)48(68-50)47(58)46(57)32(2)16-17-38-27-39(61-4)29-51(65-38)22-19-33(3)52(69-51)30-44(41(67-52)15-10-8-6-7-9-14-40(55)49(59)60)64-45(56)28-37-13-11-12-36(63-37)25-34(53)24-35(54)26-43(31)66-50/h7-10,18,21,31-44,46-48,53-55,57-58H,6,11-17,19-20,22-30H2,1-5H3,(H,59,60)/b9-7-,10-8+/t31-,32-,33-,34-,35-,36-,37+,38+,39-,40+,41-,42-,43+,44-,46-,47-,48-,50-,51+,52+/m0/s1. The number of carboxylic acids is 1. The highest BCUT2D eigenvalue weighted by Gasteiger charge is 2.60. The van der Waals surface area contributed by atoms with Crippen LogP contribution in [0.25, 0.3) is 0 Å². The van der Waals surface area contributed by atoms with Crippen molar-refractivity contribution in [3.8, 4) is 0 Å². The summed E-state index contributed by atoms with van der Waals surface area (Å²) in [6.45, 7) is 5.99. The Morgan fingerprint density at radius 1 is 0.797 bits per heavy atom. The zero-order chi connectivity index (χ0) is 49.5. The van der Waals surface area contributed by atoms with Gasteiger partial charge in [-0.15, -0.1) is 0 Å². The third kappa shape index (κ3) is 13.8. The van der Waals surface area contributed by atoms with Crippen molar-refractivity contribution in [3.05, 3.63) is 36.5 Å². The van der Waals surface area contributed by atoms with Gasteiger partial charge in [-0.25, -0.2) is 4.79 Å². The molecule has 0 aliphatic carbocycles. The molecule has 0 saturated carbocycles. The molecule has 0 unspecified atom stereocenters. The first kappa shape index (κ1) is 54.4. The van der Waals surface area contributed by atoms with E-state index in [0.717, 1.165) is 6.42 Å². The van der Waals surface area contributed by atoms with Crippen LogP contribution in [0.1, 0.15) is 143 Å². The Kier molecular flexibility index (Phi) is 19.0. The van der Waals surface area contributed by atoms with Crippen molar-refractivity contribution in [1.29, 1.82) is 0 Å². The van der Waals surface area contributed by atoms with E-state index in [0.29, 0.717) is 83.5 Å². The summed E-state index contributed by atoms with van der Waals surface area (Å²) in [5.41, 5.74) is 0. The number of aliphatic hydroxyl groups excluding tert-OH is 5. The number of hydrogen-bond acceptors (Lipinski definition) is 16. The molecule has 0 aromatic heterocycles. The number of fused-ring (bicyclic) bond motifs is 6. The van der Waals surface area contributed by atoms with Gasteiger partial charge in [-0.1, -0.05) is 51.2 Å². The monoisotopic (exact) mass is 979 g/mol. The lowest BCUT2D eigenvalue weighted by Gasteiger charge is -2.53. The van der Waals surface area contributed by atoms with Crippen LogP contribution < -0.4 is 0 Å². The number of allylic oxidation sites excluding steroid dienone is 2. The fraction of sp³-hybridized carbons (Fsp3) is 0.846. The van der Waals surface area contributed by atoms with Gasteiger partial charge in [0.05, 0.1) is 61.4 Å². The Labute approximate surface area is 407 Å². The first-order valence-corrected chi connectivity index (χ1v) is 25.9. The fourth-order valence-corrected chi connectivity index (χ4v) is 11.8. The number of carbonyl (C=O) groups excluding carboxylic acids is 1. The van der Waals surface area contributed by atoms with Gasteiger partial charge in [0.1, 0.15) is 24.4 Å². The van der Waals surface area contributed by atoms with E-state index in [4.69, 9.17) is 47.7 Å². The predicted octanol–water partition coefficient (Wildman–Crippen LogP) is 5.30. The molecule has 6 saturated heterocycles. The molecule has 20 atom stereocenters. The van der Waals surface area contributed by atoms with Gasteiger partial charge in [-0.05, 0) is 82.6 Å². The summed E-state index contributed by atoms with van der Waals surface area (Å²) >= 11 is 0. The van der Waals surface area contributed by atoms with E-state index in [1.807, 2.05) is 38.2 Å². The third-order valence-electron chi connectivity index (χ3n) is 16.0. The summed E-state index contributed by atoms with van der Waals surface area (Å²) in [6.07, 6.45) is 9.56. The largest absolute Gasteiger partial charge is 0.479 e. The van der Waals surface area contributed by atoms with Gasteiger partial charge < -0.3 is 73.3 Å². The fourth-order valence-electron chi connectivity index (χ4n) is 11.8. The number of hydrogen-bond donors (Lipinski definition) is 6. The van der Waals surface area contributed by atoms with Gasteiger partial charge in [0.2, 0.25) is 0 Å². The molecule has 0 aromatic rings. The highest BCUT2D eigenvalue weighted by Crippen LogP contribution is 2.53. The number of aliphatic hydroxyl groups is 5. The van der Waals surface area contributed by atoms with Crippen molar-refractivity contribution in [2.24, 2.45) is 17.8 Å². The SMILES string of the molecule is CO[C@H]1C[C@H]2CC[C@H](C)[C@H](O)[C@H](O)[C@H]3O[C@@]4(C=C[C@H](C)[C@@H](C[C@@H](O)C[C@H](O)C[C@@H]5CCC[C@H](CC(=O)O[C@H]6C[C@@]7(O[C@H]6C/C=C/C/C=C\C[C@@H](O)C(=O)O)O[C@](CC[C@@H]7C)(C1)O2)O5)O4)CC[C@@H]3OC. The van der Waals surface area contributed by atoms with E-state index >= 15 is 0 Å². The molecule has 9 bridgehead atoms. The molecule has 17 heteroatoms. The van der Waals surface area contributed by atoms with Crippen LogP contribution in [0.4, 0.5) is 0 Å².